The molecule has 6 aromatic rings. The van der Waals surface area contributed by atoms with E-state index >= 15 is 0 Å². The van der Waals surface area contributed by atoms with E-state index in [1.165, 1.54) is 0 Å². The number of nitrogens with zero attached hydrogens (tertiary/aromatic N) is 4. The Hall–Kier alpha value is -4.59. The van der Waals surface area contributed by atoms with Crippen LogP contribution in [0.25, 0.3) is 55.2 Å². The fraction of sp³-hybridized carbons (Fsp3) is 0.115. The Morgan fingerprint density at radius 3 is 2.65 bits per heavy atom. The summed E-state index contributed by atoms with van der Waals surface area (Å²) in [5.74, 6) is 1.49. The molecule has 0 radical (unpaired) electrons. The Bertz CT molecular complexity index is 1720. The average molecular weight is 449 g/mol. The maximum atomic E-state index is 11.7. The van der Waals surface area contributed by atoms with Crippen LogP contribution in [0, 0.1) is 13.8 Å². The third-order valence-electron chi connectivity index (χ3n) is 6.10. The van der Waals surface area contributed by atoms with E-state index in [0.29, 0.717) is 29.1 Å². The number of benzene rings is 2. The maximum Gasteiger partial charge on any atom is 0.195 e. The molecule has 2 aromatic carbocycles. The summed E-state index contributed by atoms with van der Waals surface area (Å²) >= 11 is 0. The third kappa shape index (κ3) is 2.88. The fourth-order valence-electron chi connectivity index (χ4n) is 4.62. The summed E-state index contributed by atoms with van der Waals surface area (Å²) in [7, 11) is 1.63. The number of fused-ring (bicyclic) bond motifs is 4. The third-order valence-corrected chi connectivity index (χ3v) is 6.10. The van der Waals surface area contributed by atoms with Gasteiger partial charge in [-0.15, -0.1) is 0 Å². The van der Waals surface area contributed by atoms with Crippen LogP contribution in [0.15, 0.2) is 53.2 Å². The Kier molecular flexibility index (Phi) is 4.41. The lowest BCUT2D eigenvalue weighted by molar-refractivity contribution is 0.111. The summed E-state index contributed by atoms with van der Waals surface area (Å²) < 4.78 is 11.2. The number of carbonyl (C=O) groups excluding carboxylic acids is 1. The number of para-hydroxylation sites is 1. The molecule has 0 spiro atoms. The number of carbonyl (C=O) groups is 1. The van der Waals surface area contributed by atoms with Gasteiger partial charge in [-0.3, -0.25) is 9.78 Å². The van der Waals surface area contributed by atoms with Crippen LogP contribution in [0.4, 0.5) is 0 Å². The molecule has 0 aliphatic rings. The van der Waals surface area contributed by atoms with Gasteiger partial charge in [-0.05, 0) is 38.1 Å². The quantitative estimate of drug-likeness (QED) is 0.358. The molecule has 6 rings (SSSR count). The minimum absolute atomic E-state index is 0.105. The Balaban J connectivity index is 1.73. The molecule has 8 heteroatoms. The monoisotopic (exact) mass is 449 g/mol. The maximum absolute atomic E-state index is 11.7. The van der Waals surface area contributed by atoms with Gasteiger partial charge in [0.2, 0.25) is 0 Å². The molecule has 8 nitrogen and oxygen atoms in total. The van der Waals surface area contributed by atoms with Crippen LogP contribution in [0.1, 0.15) is 22.1 Å². The van der Waals surface area contributed by atoms with Gasteiger partial charge < -0.3 is 14.2 Å². The van der Waals surface area contributed by atoms with Crippen LogP contribution in [0.3, 0.4) is 0 Å². The van der Waals surface area contributed by atoms with Crippen molar-refractivity contribution in [2.45, 2.75) is 13.8 Å². The van der Waals surface area contributed by atoms with E-state index in [4.69, 9.17) is 9.26 Å². The predicted molar refractivity (Wildman–Crippen MR) is 129 cm³/mol. The zero-order chi connectivity index (χ0) is 23.4. The molecule has 34 heavy (non-hydrogen) atoms. The summed E-state index contributed by atoms with van der Waals surface area (Å²) in [6, 6.07) is 13.7. The van der Waals surface area contributed by atoms with E-state index in [-0.39, 0.29) is 5.82 Å². The molecule has 0 saturated carbocycles. The van der Waals surface area contributed by atoms with Crippen LogP contribution < -0.4 is 4.74 Å². The van der Waals surface area contributed by atoms with Crippen LogP contribution in [-0.2, 0) is 0 Å². The molecule has 4 aromatic heterocycles. The summed E-state index contributed by atoms with van der Waals surface area (Å²) in [5, 5.41) is 6.72. The second-order valence-corrected chi connectivity index (χ2v) is 8.07. The van der Waals surface area contributed by atoms with E-state index in [9.17, 15) is 4.79 Å². The van der Waals surface area contributed by atoms with Gasteiger partial charge in [0.25, 0.3) is 0 Å². The smallest absolute Gasteiger partial charge is 0.195 e. The molecule has 0 atom stereocenters. The molecule has 1 N–H and O–H groups in total. The lowest BCUT2D eigenvalue weighted by Gasteiger charge is -2.10. The molecule has 4 heterocycles. The highest BCUT2D eigenvalue weighted by atomic mass is 16.5. The minimum atomic E-state index is 0.105. The fourth-order valence-corrected chi connectivity index (χ4v) is 4.62. The van der Waals surface area contributed by atoms with E-state index in [1.54, 1.807) is 13.3 Å². The topological polar surface area (TPSA) is 107 Å². The molecule has 0 aliphatic heterocycles. The van der Waals surface area contributed by atoms with Gasteiger partial charge in [0.1, 0.15) is 17.2 Å². The molecular weight excluding hydrogens is 430 g/mol. The standard InChI is InChI=1S/C26H19N5O3/c1-13-23(14(2)34-31-13)18-10-20-17(11-21(18)33-3)24-25(29-22(12-32)30-26(24)28-20)16-8-9-27-19-7-5-4-6-15(16)19/h4-12H,1-3H3,(H,28,29,30). The van der Waals surface area contributed by atoms with Crippen molar-refractivity contribution in [3.63, 3.8) is 0 Å². The molecule has 0 bridgehead atoms. The van der Waals surface area contributed by atoms with E-state index in [1.807, 2.05) is 56.3 Å². The Labute approximate surface area is 193 Å². The van der Waals surface area contributed by atoms with Crippen molar-refractivity contribution in [3.05, 3.63) is 65.9 Å². The molecule has 0 amide bonds. The number of ether oxygens (including phenoxy) is 1. The number of rotatable bonds is 4. The van der Waals surface area contributed by atoms with E-state index < -0.39 is 0 Å². The number of aldehydes is 1. The Morgan fingerprint density at radius 1 is 1.03 bits per heavy atom. The van der Waals surface area contributed by atoms with Gasteiger partial charge in [0.15, 0.2) is 12.1 Å². The van der Waals surface area contributed by atoms with E-state index in [0.717, 1.165) is 49.6 Å². The van der Waals surface area contributed by atoms with Gasteiger partial charge in [-0.25, -0.2) is 9.97 Å². The van der Waals surface area contributed by atoms with Crippen LogP contribution >= 0.6 is 0 Å². The first-order valence-corrected chi connectivity index (χ1v) is 10.7. The molecule has 0 aliphatic carbocycles. The second kappa shape index (κ2) is 7.48. The average Bonchev–Trinajstić information content (AvgIpc) is 3.40. The van der Waals surface area contributed by atoms with Gasteiger partial charge in [-0.1, -0.05) is 23.4 Å². The van der Waals surface area contributed by atoms with Crippen molar-refractivity contribution >= 4 is 39.1 Å². The van der Waals surface area contributed by atoms with Crippen molar-refractivity contribution < 1.29 is 14.1 Å². The number of aromatic amines is 1. The number of pyridine rings is 1. The van der Waals surface area contributed by atoms with Gasteiger partial charge >= 0.3 is 0 Å². The van der Waals surface area contributed by atoms with Gasteiger partial charge in [-0.2, -0.15) is 0 Å². The number of aromatic nitrogens is 5. The first kappa shape index (κ1) is 20.0. The van der Waals surface area contributed by atoms with E-state index in [2.05, 4.69) is 25.1 Å². The number of hydrogen-bond donors (Lipinski definition) is 1. The van der Waals surface area contributed by atoms with Gasteiger partial charge in [0, 0.05) is 33.6 Å². The summed E-state index contributed by atoms with van der Waals surface area (Å²) in [4.78, 5) is 28.6. The SMILES string of the molecule is COc1cc2c(cc1-c1c(C)noc1C)[nH]c1nc(C=O)nc(-c3ccnc4ccccc34)c12. The summed E-state index contributed by atoms with van der Waals surface area (Å²) in [6.07, 6.45) is 2.41. The van der Waals surface area contributed by atoms with Gasteiger partial charge in [0.05, 0.1) is 35.0 Å². The first-order valence-electron chi connectivity index (χ1n) is 10.7. The second-order valence-electron chi connectivity index (χ2n) is 8.07. The normalized spacial score (nSPS) is 11.5. The van der Waals surface area contributed by atoms with Crippen LogP contribution in [-0.4, -0.2) is 38.5 Å². The van der Waals surface area contributed by atoms with Crippen molar-refractivity contribution in [2.75, 3.05) is 7.11 Å². The molecular formula is C26H19N5O3. The van der Waals surface area contributed by atoms with Crippen LogP contribution in [0.5, 0.6) is 5.75 Å². The van der Waals surface area contributed by atoms with Crippen molar-refractivity contribution in [3.8, 4) is 28.1 Å². The molecule has 0 saturated heterocycles. The predicted octanol–water partition coefficient (Wildman–Crippen LogP) is 5.42. The molecule has 0 fully saturated rings. The summed E-state index contributed by atoms with van der Waals surface area (Å²) in [5.41, 5.74) is 6.30. The lowest BCUT2D eigenvalue weighted by atomic mass is 9.99. The minimum Gasteiger partial charge on any atom is -0.496 e. The Morgan fingerprint density at radius 2 is 1.88 bits per heavy atom. The highest BCUT2D eigenvalue weighted by molar-refractivity contribution is 6.15. The van der Waals surface area contributed by atoms with Crippen molar-refractivity contribution in [2.24, 2.45) is 0 Å². The largest absolute Gasteiger partial charge is 0.496 e. The zero-order valence-corrected chi connectivity index (χ0v) is 18.7. The zero-order valence-electron chi connectivity index (χ0n) is 18.7. The van der Waals surface area contributed by atoms with Crippen molar-refractivity contribution in [1.29, 1.82) is 0 Å². The highest BCUT2D eigenvalue weighted by Crippen LogP contribution is 2.41. The number of hydrogen-bond acceptors (Lipinski definition) is 7. The summed E-state index contributed by atoms with van der Waals surface area (Å²) in [6.45, 7) is 3.77. The highest BCUT2D eigenvalue weighted by Gasteiger charge is 2.22. The lowest BCUT2D eigenvalue weighted by Crippen LogP contribution is -1.97. The molecule has 166 valence electrons. The number of nitrogens with one attached hydrogen (secondary N) is 1. The first-order chi connectivity index (χ1) is 16.6. The number of methoxy groups -OCH3 is 1. The van der Waals surface area contributed by atoms with Crippen molar-refractivity contribution in [1.82, 2.24) is 25.1 Å². The van der Waals surface area contributed by atoms with Crippen LogP contribution in [0.2, 0.25) is 0 Å². The number of aryl methyl sites for hydroxylation is 2. The number of H-pyrrole nitrogens is 1. The molecule has 0 unspecified atom stereocenters.